The molecule has 0 saturated heterocycles. The van der Waals surface area contributed by atoms with Gasteiger partial charge in [0.25, 0.3) is 0 Å². The lowest BCUT2D eigenvalue weighted by Crippen LogP contribution is -2.29. The van der Waals surface area contributed by atoms with Gasteiger partial charge in [0.1, 0.15) is 0 Å². The zero-order valence-electron chi connectivity index (χ0n) is 11.6. The maximum atomic E-state index is 12.0. The molecule has 0 atom stereocenters. The van der Waals surface area contributed by atoms with Crippen molar-refractivity contribution in [3.05, 3.63) is 16.6 Å². The summed E-state index contributed by atoms with van der Waals surface area (Å²) in [6.07, 6.45) is 2.69. The van der Waals surface area contributed by atoms with E-state index in [0.717, 1.165) is 31.6 Å². The number of unbranched alkanes of at least 4 members (excludes halogenated alkanes) is 1. The van der Waals surface area contributed by atoms with Gasteiger partial charge < -0.3 is 5.32 Å². The third-order valence-electron chi connectivity index (χ3n) is 2.78. The SMILES string of the molecule is CCCNCCCCS(=O)(=O)N(C)Cc1cscn1. The number of sulfonamides is 1. The van der Waals surface area contributed by atoms with Crippen LogP contribution in [0.1, 0.15) is 31.9 Å². The summed E-state index contributed by atoms with van der Waals surface area (Å²) in [7, 11) is -1.54. The number of rotatable bonds is 10. The Morgan fingerprint density at radius 1 is 1.37 bits per heavy atom. The first-order valence-electron chi connectivity index (χ1n) is 6.58. The van der Waals surface area contributed by atoms with Crippen molar-refractivity contribution in [2.45, 2.75) is 32.7 Å². The summed E-state index contributed by atoms with van der Waals surface area (Å²) in [5.74, 6) is 0.210. The van der Waals surface area contributed by atoms with Gasteiger partial charge in [0, 0.05) is 12.4 Å². The molecule has 1 aromatic heterocycles. The van der Waals surface area contributed by atoms with Gasteiger partial charge in [-0.15, -0.1) is 11.3 Å². The molecule has 19 heavy (non-hydrogen) atoms. The molecule has 5 nitrogen and oxygen atoms in total. The number of hydrogen-bond acceptors (Lipinski definition) is 5. The molecule has 110 valence electrons. The maximum Gasteiger partial charge on any atom is 0.214 e. The van der Waals surface area contributed by atoms with E-state index in [1.165, 1.54) is 15.6 Å². The molecule has 0 fully saturated rings. The molecule has 0 unspecified atom stereocenters. The average Bonchev–Trinajstić information content (AvgIpc) is 2.86. The Labute approximate surface area is 120 Å². The number of hydrogen-bond donors (Lipinski definition) is 1. The van der Waals surface area contributed by atoms with Crippen LogP contribution in [0.5, 0.6) is 0 Å². The van der Waals surface area contributed by atoms with Crippen LogP contribution in [0.15, 0.2) is 10.9 Å². The van der Waals surface area contributed by atoms with Gasteiger partial charge in [-0.05, 0) is 32.4 Å². The Hall–Kier alpha value is -0.500. The highest BCUT2D eigenvalue weighted by atomic mass is 32.2. The van der Waals surface area contributed by atoms with Gasteiger partial charge in [0.05, 0.1) is 23.5 Å². The third-order valence-corrected chi connectivity index (χ3v) is 5.29. The zero-order valence-corrected chi connectivity index (χ0v) is 13.3. The molecule has 1 heterocycles. The van der Waals surface area contributed by atoms with Crippen LogP contribution in [0, 0.1) is 0 Å². The Kier molecular flexibility index (Phi) is 7.52. The number of aromatic nitrogens is 1. The molecule has 1 N–H and O–H groups in total. The lowest BCUT2D eigenvalue weighted by molar-refractivity contribution is 0.460. The molecule has 0 aliphatic carbocycles. The Morgan fingerprint density at radius 3 is 2.79 bits per heavy atom. The standard InChI is InChI=1S/C12H23N3O2S2/c1-3-6-13-7-4-5-8-19(16,17)15(2)9-12-10-18-11-14-12/h10-11,13H,3-9H2,1-2H3. The van der Waals surface area contributed by atoms with Crippen molar-refractivity contribution in [3.8, 4) is 0 Å². The first-order chi connectivity index (χ1) is 9.06. The summed E-state index contributed by atoms with van der Waals surface area (Å²) >= 11 is 1.48. The minimum atomic E-state index is -3.16. The topological polar surface area (TPSA) is 62.3 Å². The molecule has 0 aromatic carbocycles. The van der Waals surface area contributed by atoms with E-state index in [-0.39, 0.29) is 5.75 Å². The van der Waals surface area contributed by atoms with Gasteiger partial charge in [-0.2, -0.15) is 4.31 Å². The van der Waals surface area contributed by atoms with Crippen LogP contribution in [-0.2, 0) is 16.6 Å². The van der Waals surface area contributed by atoms with Gasteiger partial charge in [0.15, 0.2) is 0 Å². The number of nitrogens with one attached hydrogen (secondary N) is 1. The van der Waals surface area contributed by atoms with Gasteiger partial charge in [-0.3, -0.25) is 0 Å². The van der Waals surface area contributed by atoms with Crippen molar-refractivity contribution >= 4 is 21.4 Å². The van der Waals surface area contributed by atoms with Crippen molar-refractivity contribution in [2.24, 2.45) is 0 Å². The molecule has 0 amide bonds. The van der Waals surface area contributed by atoms with Crippen LogP contribution in [0.4, 0.5) is 0 Å². The lowest BCUT2D eigenvalue weighted by atomic mass is 10.3. The van der Waals surface area contributed by atoms with E-state index in [9.17, 15) is 8.42 Å². The predicted molar refractivity (Wildman–Crippen MR) is 79.8 cm³/mol. The van der Waals surface area contributed by atoms with Crippen molar-refractivity contribution in [1.82, 2.24) is 14.6 Å². The van der Waals surface area contributed by atoms with Crippen LogP contribution in [0.2, 0.25) is 0 Å². The van der Waals surface area contributed by atoms with E-state index in [1.54, 1.807) is 12.6 Å². The van der Waals surface area contributed by atoms with Crippen molar-refractivity contribution in [3.63, 3.8) is 0 Å². The average molecular weight is 305 g/mol. The highest BCUT2D eigenvalue weighted by molar-refractivity contribution is 7.89. The molecule has 0 bridgehead atoms. The van der Waals surface area contributed by atoms with E-state index >= 15 is 0 Å². The fourth-order valence-electron chi connectivity index (χ4n) is 1.63. The summed E-state index contributed by atoms with van der Waals surface area (Å²) in [6.45, 7) is 4.36. The highest BCUT2D eigenvalue weighted by Crippen LogP contribution is 2.09. The van der Waals surface area contributed by atoms with Crippen LogP contribution in [-0.4, -0.2) is 43.6 Å². The summed E-state index contributed by atoms with van der Waals surface area (Å²) in [5.41, 5.74) is 2.52. The second-order valence-corrected chi connectivity index (χ2v) is 7.42. The van der Waals surface area contributed by atoms with E-state index in [4.69, 9.17) is 0 Å². The molecule has 0 spiro atoms. The fourth-order valence-corrected chi connectivity index (χ4v) is 3.39. The Bertz CT molecular complexity index is 432. The maximum absolute atomic E-state index is 12.0. The largest absolute Gasteiger partial charge is 0.317 e. The normalized spacial score (nSPS) is 12.2. The van der Waals surface area contributed by atoms with E-state index in [0.29, 0.717) is 13.0 Å². The van der Waals surface area contributed by atoms with E-state index < -0.39 is 10.0 Å². The molecule has 0 aliphatic heterocycles. The zero-order chi connectivity index (χ0) is 14.1. The molecule has 0 radical (unpaired) electrons. The minimum Gasteiger partial charge on any atom is -0.317 e. The second kappa shape index (κ2) is 8.63. The van der Waals surface area contributed by atoms with Gasteiger partial charge >= 0.3 is 0 Å². The predicted octanol–water partition coefficient (Wildman–Crippen LogP) is 1.68. The smallest absolute Gasteiger partial charge is 0.214 e. The Morgan fingerprint density at radius 2 is 2.16 bits per heavy atom. The monoisotopic (exact) mass is 305 g/mol. The van der Waals surface area contributed by atoms with Crippen molar-refractivity contribution in [1.29, 1.82) is 0 Å². The van der Waals surface area contributed by atoms with Gasteiger partial charge in [-0.25, -0.2) is 13.4 Å². The summed E-state index contributed by atoms with van der Waals surface area (Å²) in [4.78, 5) is 4.10. The number of thiazole rings is 1. The fraction of sp³-hybridized carbons (Fsp3) is 0.750. The molecule has 1 aromatic rings. The van der Waals surface area contributed by atoms with Crippen LogP contribution in [0.25, 0.3) is 0 Å². The number of nitrogens with zero attached hydrogens (tertiary/aromatic N) is 2. The Balaban J connectivity index is 2.26. The first kappa shape index (κ1) is 16.6. The highest BCUT2D eigenvalue weighted by Gasteiger charge is 2.17. The summed E-state index contributed by atoms with van der Waals surface area (Å²) in [5, 5.41) is 5.15. The molecule has 0 saturated carbocycles. The molecular formula is C12H23N3O2S2. The second-order valence-electron chi connectivity index (χ2n) is 4.51. The van der Waals surface area contributed by atoms with Crippen molar-refractivity contribution in [2.75, 3.05) is 25.9 Å². The molecule has 7 heteroatoms. The van der Waals surface area contributed by atoms with Crippen LogP contribution in [0.3, 0.4) is 0 Å². The van der Waals surface area contributed by atoms with Gasteiger partial charge in [0.2, 0.25) is 10.0 Å². The molecule has 0 aliphatic rings. The van der Waals surface area contributed by atoms with E-state index in [2.05, 4.69) is 17.2 Å². The quantitative estimate of drug-likeness (QED) is 0.668. The van der Waals surface area contributed by atoms with E-state index in [1.807, 2.05) is 5.38 Å². The van der Waals surface area contributed by atoms with Crippen LogP contribution < -0.4 is 5.32 Å². The molecule has 1 rings (SSSR count). The summed E-state index contributed by atoms with van der Waals surface area (Å²) < 4.78 is 25.4. The first-order valence-corrected chi connectivity index (χ1v) is 9.13. The third kappa shape index (κ3) is 6.47. The lowest BCUT2D eigenvalue weighted by Gasteiger charge is -2.15. The summed E-state index contributed by atoms with van der Waals surface area (Å²) in [6, 6.07) is 0. The minimum absolute atomic E-state index is 0.210. The van der Waals surface area contributed by atoms with Gasteiger partial charge in [-0.1, -0.05) is 6.92 Å². The van der Waals surface area contributed by atoms with Crippen LogP contribution >= 0.6 is 11.3 Å². The van der Waals surface area contributed by atoms with Crippen molar-refractivity contribution < 1.29 is 8.42 Å². The molecular weight excluding hydrogens is 282 g/mol.